The minimum absolute atomic E-state index is 0.285. The molecule has 2 atom stereocenters. The predicted octanol–water partition coefficient (Wildman–Crippen LogP) is 0.171. The molecule has 0 aromatic rings. The Kier molecular flexibility index (Phi) is 3.29. The first-order valence-corrected chi connectivity index (χ1v) is 4.64. The molecule has 0 bridgehead atoms. The van der Waals surface area contributed by atoms with Gasteiger partial charge >= 0.3 is 5.97 Å². The second-order valence-corrected chi connectivity index (χ2v) is 3.88. The fraction of sp³-hybridized carbons (Fsp3) is 0.700. The zero-order chi connectivity index (χ0) is 10.8. The van der Waals surface area contributed by atoms with E-state index in [1.165, 1.54) is 7.11 Å². The van der Waals surface area contributed by atoms with Crippen molar-refractivity contribution in [3.8, 4) is 0 Å². The minimum atomic E-state index is -0.824. The third kappa shape index (κ3) is 2.13. The van der Waals surface area contributed by atoms with Gasteiger partial charge in [-0.05, 0) is 13.5 Å². The number of ether oxygens (including phenoxy) is 1. The summed E-state index contributed by atoms with van der Waals surface area (Å²) in [7, 11) is 3.17. The zero-order valence-electron chi connectivity index (χ0n) is 8.69. The normalized spacial score (nSPS) is 32.9. The molecule has 1 rings (SSSR count). The quantitative estimate of drug-likeness (QED) is 0.520. The Hall–Kier alpha value is -0.870. The van der Waals surface area contributed by atoms with Crippen LogP contribution in [-0.4, -0.2) is 48.3 Å². The summed E-state index contributed by atoms with van der Waals surface area (Å²) in [6.07, 6.45) is 2.60. The van der Waals surface area contributed by atoms with Crippen LogP contribution in [0.5, 0.6) is 0 Å². The average molecular weight is 199 g/mol. The van der Waals surface area contributed by atoms with E-state index in [9.17, 15) is 9.90 Å². The van der Waals surface area contributed by atoms with Crippen LogP contribution < -0.4 is 0 Å². The molecule has 1 heterocycles. The number of carbonyl (C=O) groups is 1. The van der Waals surface area contributed by atoms with Gasteiger partial charge < -0.3 is 9.84 Å². The van der Waals surface area contributed by atoms with Gasteiger partial charge in [0.05, 0.1) is 12.7 Å². The van der Waals surface area contributed by atoms with Gasteiger partial charge in [-0.1, -0.05) is 6.08 Å². The van der Waals surface area contributed by atoms with Crippen molar-refractivity contribution in [3.63, 3.8) is 0 Å². The molecule has 0 saturated carbocycles. The fourth-order valence-electron chi connectivity index (χ4n) is 1.97. The second-order valence-electron chi connectivity index (χ2n) is 3.88. The SMILES string of the molecule is C=CCC1(O)CC(C(=O)OC)N(C)C1. The van der Waals surface area contributed by atoms with E-state index >= 15 is 0 Å². The van der Waals surface area contributed by atoms with Crippen molar-refractivity contribution in [3.05, 3.63) is 12.7 Å². The highest BCUT2D eigenvalue weighted by atomic mass is 16.5. The lowest BCUT2D eigenvalue weighted by molar-refractivity contribution is -0.145. The number of aliphatic hydroxyl groups is 1. The van der Waals surface area contributed by atoms with E-state index in [0.29, 0.717) is 19.4 Å². The van der Waals surface area contributed by atoms with Gasteiger partial charge in [-0.3, -0.25) is 9.69 Å². The van der Waals surface area contributed by atoms with Gasteiger partial charge in [0, 0.05) is 13.0 Å². The molecular formula is C10H17NO3. The molecule has 0 spiro atoms. The number of methoxy groups -OCH3 is 1. The van der Waals surface area contributed by atoms with Crippen LogP contribution in [-0.2, 0) is 9.53 Å². The summed E-state index contributed by atoms with van der Waals surface area (Å²) in [5, 5.41) is 10.1. The summed E-state index contributed by atoms with van der Waals surface area (Å²) in [5.41, 5.74) is -0.824. The van der Waals surface area contributed by atoms with E-state index in [1.807, 2.05) is 11.9 Å². The van der Waals surface area contributed by atoms with Crippen molar-refractivity contribution in [1.29, 1.82) is 0 Å². The molecule has 1 saturated heterocycles. The first kappa shape index (κ1) is 11.2. The van der Waals surface area contributed by atoms with Crippen molar-refractivity contribution in [2.75, 3.05) is 20.7 Å². The third-order valence-electron chi connectivity index (χ3n) is 2.65. The number of β-amino-alcohol motifs (C(OH)–C–C–N with tert-alkyl or cyclic N) is 1. The zero-order valence-corrected chi connectivity index (χ0v) is 8.69. The van der Waals surface area contributed by atoms with Gasteiger partial charge in [0.15, 0.2) is 0 Å². The number of nitrogens with zero attached hydrogens (tertiary/aromatic N) is 1. The van der Waals surface area contributed by atoms with E-state index in [1.54, 1.807) is 6.08 Å². The lowest BCUT2D eigenvalue weighted by atomic mass is 9.96. The topological polar surface area (TPSA) is 49.8 Å². The average Bonchev–Trinajstić information content (AvgIpc) is 2.41. The van der Waals surface area contributed by atoms with Gasteiger partial charge in [0.2, 0.25) is 0 Å². The van der Waals surface area contributed by atoms with Crippen LogP contribution in [0.4, 0.5) is 0 Å². The number of likely N-dealkylation sites (N-methyl/N-ethyl adjacent to an activating group) is 1. The van der Waals surface area contributed by atoms with E-state index in [2.05, 4.69) is 11.3 Å². The first-order chi connectivity index (χ1) is 6.52. The van der Waals surface area contributed by atoms with Crippen LogP contribution in [0.3, 0.4) is 0 Å². The Bertz CT molecular complexity index is 242. The van der Waals surface area contributed by atoms with Crippen LogP contribution in [0, 0.1) is 0 Å². The molecule has 0 radical (unpaired) electrons. The molecule has 1 fully saturated rings. The monoisotopic (exact) mass is 199 g/mol. The van der Waals surface area contributed by atoms with Gasteiger partial charge in [0.1, 0.15) is 6.04 Å². The lowest BCUT2D eigenvalue weighted by Crippen LogP contribution is -2.33. The summed E-state index contributed by atoms with van der Waals surface area (Å²) in [5.74, 6) is -0.285. The summed E-state index contributed by atoms with van der Waals surface area (Å²) in [6, 6.07) is -0.329. The van der Waals surface area contributed by atoms with E-state index < -0.39 is 5.60 Å². The third-order valence-corrected chi connectivity index (χ3v) is 2.65. The molecule has 80 valence electrons. The molecule has 0 amide bonds. The van der Waals surface area contributed by atoms with Crippen molar-refractivity contribution < 1.29 is 14.6 Å². The number of likely N-dealkylation sites (tertiary alicyclic amines) is 1. The van der Waals surface area contributed by atoms with E-state index in [0.717, 1.165) is 0 Å². The van der Waals surface area contributed by atoms with Crippen LogP contribution >= 0.6 is 0 Å². The Morgan fingerprint density at radius 3 is 3.00 bits per heavy atom. The number of hydrogen-bond acceptors (Lipinski definition) is 4. The number of rotatable bonds is 3. The number of esters is 1. The maximum atomic E-state index is 11.3. The second kappa shape index (κ2) is 4.11. The number of hydrogen-bond donors (Lipinski definition) is 1. The van der Waals surface area contributed by atoms with Crippen molar-refractivity contribution >= 4 is 5.97 Å². The van der Waals surface area contributed by atoms with Crippen LogP contribution in [0.1, 0.15) is 12.8 Å². The predicted molar refractivity (Wildman–Crippen MR) is 52.8 cm³/mol. The maximum absolute atomic E-state index is 11.3. The van der Waals surface area contributed by atoms with Crippen molar-refractivity contribution in [2.45, 2.75) is 24.5 Å². The summed E-state index contributed by atoms with van der Waals surface area (Å²) < 4.78 is 4.66. The molecule has 4 heteroatoms. The molecular weight excluding hydrogens is 182 g/mol. The molecule has 1 N–H and O–H groups in total. The summed E-state index contributed by atoms with van der Waals surface area (Å²) in [6.45, 7) is 4.07. The molecule has 4 nitrogen and oxygen atoms in total. The Balaban J connectivity index is 2.67. The largest absolute Gasteiger partial charge is 0.468 e. The molecule has 14 heavy (non-hydrogen) atoms. The lowest BCUT2D eigenvalue weighted by Gasteiger charge is -2.19. The molecule has 2 unspecified atom stereocenters. The van der Waals surface area contributed by atoms with Crippen molar-refractivity contribution in [2.24, 2.45) is 0 Å². The summed E-state index contributed by atoms with van der Waals surface area (Å²) in [4.78, 5) is 13.1. The molecule has 1 aliphatic rings. The van der Waals surface area contributed by atoms with Gasteiger partial charge in [-0.2, -0.15) is 0 Å². The van der Waals surface area contributed by atoms with Crippen molar-refractivity contribution in [1.82, 2.24) is 4.90 Å². The highest BCUT2D eigenvalue weighted by molar-refractivity contribution is 5.76. The Labute approximate surface area is 84.2 Å². The molecule has 0 aliphatic carbocycles. The highest BCUT2D eigenvalue weighted by Crippen LogP contribution is 2.29. The Morgan fingerprint density at radius 2 is 2.50 bits per heavy atom. The fourth-order valence-corrected chi connectivity index (χ4v) is 1.97. The molecule has 0 aromatic carbocycles. The van der Waals surface area contributed by atoms with Gasteiger partial charge in [0.25, 0.3) is 0 Å². The molecule has 1 aliphatic heterocycles. The molecule has 0 aromatic heterocycles. The highest BCUT2D eigenvalue weighted by Gasteiger charge is 2.43. The minimum Gasteiger partial charge on any atom is -0.468 e. The van der Waals surface area contributed by atoms with Gasteiger partial charge in [-0.15, -0.1) is 6.58 Å². The number of carbonyl (C=O) groups excluding carboxylic acids is 1. The van der Waals surface area contributed by atoms with Crippen LogP contribution in [0.2, 0.25) is 0 Å². The first-order valence-electron chi connectivity index (χ1n) is 4.64. The maximum Gasteiger partial charge on any atom is 0.323 e. The standard InChI is InChI=1S/C10H17NO3/c1-4-5-10(13)6-8(9(12)14-3)11(2)7-10/h4,8,13H,1,5-7H2,2-3H3. The van der Waals surface area contributed by atoms with Gasteiger partial charge in [-0.25, -0.2) is 0 Å². The van der Waals surface area contributed by atoms with E-state index in [-0.39, 0.29) is 12.0 Å². The summed E-state index contributed by atoms with van der Waals surface area (Å²) >= 11 is 0. The van der Waals surface area contributed by atoms with Crippen LogP contribution in [0.15, 0.2) is 12.7 Å². The Morgan fingerprint density at radius 1 is 1.86 bits per heavy atom. The smallest absolute Gasteiger partial charge is 0.323 e. The van der Waals surface area contributed by atoms with Crippen LogP contribution in [0.25, 0.3) is 0 Å². The van der Waals surface area contributed by atoms with E-state index in [4.69, 9.17) is 0 Å².